The van der Waals surface area contributed by atoms with Crippen LogP contribution in [0.1, 0.15) is 42.5 Å². The van der Waals surface area contributed by atoms with Crippen molar-refractivity contribution in [1.29, 1.82) is 0 Å². The molecule has 1 saturated heterocycles. The molecule has 1 fully saturated rings. The standard InChI is InChI=1S/C24H27N3O5S/c1-3-18-8-10-20(11-9-18)25-24(28)19-6-4-14-27(16-19)33(29,30)23-17(2)26-32-22(23)13-12-21-7-5-15-31-21/h5,7-13,15,19H,3-4,6,14,16H2,1-2H3,(H,25,28)/b13-12+. The minimum atomic E-state index is -3.90. The SMILES string of the molecule is CCc1ccc(NC(=O)C2CCCN(S(=O)(=O)c3c(C)noc3/C=C/c3ccco3)C2)cc1. The van der Waals surface area contributed by atoms with E-state index >= 15 is 0 Å². The van der Waals surface area contributed by atoms with Crippen LogP contribution in [0.15, 0.2) is 56.5 Å². The molecule has 1 aliphatic heterocycles. The molecule has 33 heavy (non-hydrogen) atoms. The van der Waals surface area contributed by atoms with Gasteiger partial charge in [0.15, 0.2) is 10.7 Å². The average molecular weight is 470 g/mol. The minimum absolute atomic E-state index is 0.0153. The molecule has 1 N–H and O–H groups in total. The Labute approximate surface area is 193 Å². The monoisotopic (exact) mass is 469 g/mol. The number of nitrogens with zero attached hydrogens (tertiary/aromatic N) is 2. The summed E-state index contributed by atoms with van der Waals surface area (Å²) >= 11 is 0. The smallest absolute Gasteiger partial charge is 0.248 e. The van der Waals surface area contributed by atoms with E-state index in [-0.39, 0.29) is 28.8 Å². The van der Waals surface area contributed by atoms with Crippen molar-refractivity contribution in [3.8, 4) is 0 Å². The lowest BCUT2D eigenvalue weighted by Crippen LogP contribution is -2.43. The van der Waals surface area contributed by atoms with Gasteiger partial charge in [-0.1, -0.05) is 24.2 Å². The molecule has 1 unspecified atom stereocenters. The first-order valence-electron chi connectivity index (χ1n) is 11.0. The van der Waals surface area contributed by atoms with Gasteiger partial charge in [-0.05, 0) is 68.2 Å². The maximum absolute atomic E-state index is 13.5. The topological polar surface area (TPSA) is 106 Å². The summed E-state index contributed by atoms with van der Waals surface area (Å²) in [6, 6.07) is 11.2. The number of piperidine rings is 1. The lowest BCUT2D eigenvalue weighted by atomic mass is 9.98. The number of rotatable bonds is 7. The minimum Gasteiger partial charge on any atom is -0.465 e. The highest BCUT2D eigenvalue weighted by Crippen LogP contribution is 2.29. The highest BCUT2D eigenvalue weighted by molar-refractivity contribution is 7.89. The van der Waals surface area contributed by atoms with Crippen LogP contribution in [-0.4, -0.2) is 36.9 Å². The third-order valence-electron chi connectivity index (χ3n) is 5.76. The lowest BCUT2D eigenvalue weighted by molar-refractivity contribution is -0.120. The predicted octanol–water partition coefficient (Wildman–Crippen LogP) is 4.35. The molecule has 1 atom stereocenters. The highest BCUT2D eigenvalue weighted by atomic mass is 32.2. The largest absolute Gasteiger partial charge is 0.465 e. The molecule has 0 aliphatic carbocycles. The van der Waals surface area contributed by atoms with E-state index in [9.17, 15) is 13.2 Å². The van der Waals surface area contributed by atoms with Gasteiger partial charge in [-0.2, -0.15) is 4.31 Å². The summed E-state index contributed by atoms with van der Waals surface area (Å²) in [5.74, 6) is 0.0707. The Morgan fingerprint density at radius 2 is 2.03 bits per heavy atom. The summed E-state index contributed by atoms with van der Waals surface area (Å²) in [6.45, 7) is 4.10. The van der Waals surface area contributed by atoms with Gasteiger partial charge in [0.2, 0.25) is 15.9 Å². The van der Waals surface area contributed by atoms with Crippen molar-refractivity contribution in [3.05, 3.63) is 65.4 Å². The number of hydrogen-bond donors (Lipinski definition) is 1. The van der Waals surface area contributed by atoms with Crippen LogP contribution in [0.3, 0.4) is 0 Å². The molecule has 1 amide bonds. The molecule has 1 aromatic carbocycles. The number of amides is 1. The van der Waals surface area contributed by atoms with Crippen molar-refractivity contribution < 1.29 is 22.2 Å². The number of anilines is 1. The second-order valence-corrected chi connectivity index (χ2v) is 9.93. The quantitative estimate of drug-likeness (QED) is 0.552. The van der Waals surface area contributed by atoms with Crippen LogP contribution in [0, 0.1) is 12.8 Å². The number of nitrogens with one attached hydrogen (secondary N) is 1. The number of furan rings is 1. The first kappa shape index (κ1) is 23.0. The molecule has 2 aromatic heterocycles. The second-order valence-electron chi connectivity index (χ2n) is 8.05. The average Bonchev–Trinajstić information content (AvgIpc) is 3.48. The predicted molar refractivity (Wildman–Crippen MR) is 125 cm³/mol. The Morgan fingerprint density at radius 1 is 1.24 bits per heavy atom. The number of aromatic nitrogens is 1. The summed E-state index contributed by atoms with van der Waals surface area (Å²) in [6.07, 6.45) is 6.81. The van der Waals surface area contributed by atoms with E-state index in [1.165, 1.54) is 22.2 Å². The van der Waals surface area contributed by atoms with Crippen molar-refractivity contribution in [3.63, 3.8) is 0 Å². The van der Waals surface area contributed by atoms with Gasteiger partial charge in [0.1, 0.15) is 11.5 Å². The summed E-state index contributed by atoms with van der Waals surface area (Å²) in [5, 5.41) is 6.78. The van der Waals surface area contributed by atoms with Gasteiger partial charge in [0.05, 0.1) is 12.2 Å². The van der Waals surface area contributed by atoms with E-state index in [1.54, 1.807) is 25.1 Å². The van der Waals surface area contributed by atoms with E-state index in [1.807, 2.05) is 24.3 Å². The Hall–Kier alpha value is -3.17. The zero-order valence-electron chi connectivity index (χ0n) is 18.7. The van der Waals surface area contributed by atoms with Crippen LogP contribution in [-0.2, 0) is 21.2 Å². The maximum atomic E-state index is 13.5. The van der Waals surface area contributed by atoms with Gasteiger partial charge >= 0.3 is 0 Å². The summed E-state index contributed by atoms with van der Waals surface area (Å²) < 4.78 is 38.9. The number of benzene rings is 1. The number of aryl methyl sites for hydroxylation is 2. The normalized spacial score (nSPS) is 17.5. The molecule has 0 radical (unpaired) electrons. The Morgan fingerprint density at radius 3 is 2.73 bits per heavy atom. The van der Waals surface area contributed by atoms with Gasteiger partial charge in [0, 0.05) is 18.8 Å². The molecule has 0 spiro atoms. The third kappa shape index (κ3) is 5.09. The van der Waals surface area contributed by atoms with Crippen LogP contribution in [0.2, 0.25) is 0 Å². The molecule has 4 rings (SSSR count). The van der Waals surface area contributed by atoms with Gasteiger partial charge < -0.3 is 14.3 Å². The van der Waals surface area contributed by atoms with Crippen molar-refractivity contribution in [1.82, 2.24) is 9.46 Å². The third-order valence-corrected chi connectivity index (χ3v) is 7.78. The van der Waals surface area contributed by atoms with Crippen LogP contribution in [0.5, 0.6) is 0 Å². The fourth-order valence-electron chi connectivity index (χ4n) is 3.91. The van der Waals surface area contributed by atoms with Crippen LogP contribution in [0.25, 0.3) is 12.2 Å². The molecule has 1 aliphatic rings. The molecular weight excluding hydrogens is 442 g/mol. The molecular formula is C24H27N3O5S. The van der Waals surface area contributed by atoms with Gasteiger partial charge in [-0.3, -0.25) is 4.79 Å². The van der Waals surface area contributed by atoms with Crippen LogP contribution < -0.4 is 5.32 Å². The molecule has 0 saturated carbocycles. The van der Waals surface area contributed by atoms with Gasteiger partial charge in [-0.15, -0.1) is 0 Å². The number of carbonyl (C=O) groups is 1. The number of sulfonamides is 1. The highest BCUT2D eigenvalue weighted by Gasteiger charge is 2.37. The Balaban J connectivity index is 1.50. The number of hydrogen-bond acceptors (Lipinski definition) is 6. The second kappa shape index (κ2) is 9.76. The fraction of sp³-hybridized carbons (Fsp3) is 0.333. The molecule has 0 bridgehead atoms. The van der Waals surface area contributed by atoms with E-state index in [0.29, 0.717) is 30.8 Å². The Kier molecular flexibility index (Phi) is 6.80. The van der Waals surface area contributed by atoms with Crippen LogP contribution in [0.4, 0.5) is 5.69 Å². The van der Waals surface area contributed by atoms with Gasteiger partial charge in [0.25, 0.3) is 0 Å². The first-order valence-corrected chi connectivity index (χ1v) is 12.4. The first-order chi connectivity index (χ1) is 15.9. The molecule has 174 valence electrons. The molecule has 3 aromatic rings. The Bertz CT molecular complexity index is 1230. The van der Waals surface area contributed by atoms with E-state index in [0.717, 1.165) is 6.42 Å². The van der Waals surface area contributed by atoms with Crippen molar-refractivity contribution >= 4 is 33.8 Å². The number of carbonyl (C=O) groups excluding carboxylic acids is 1. The fourth-order valence-corrected chi connectivity index (χ4v) is 5.69. The van der Waals surface area contributed by atoms with Crippen LogP contribution >= 0.6 is 0 Å². The zero-order valence-corrected chi connectivity index (χ0v) is 19.5. The summed E-state index contributed by atoms with van der Waals surface area (Å²) in [5.41, 5.74) is 2.16. The van der Waals surface area contributed by atoms with Crippen molar-refractivity contribution in [2.24, 2.45) is 5.92 Å². The van der Waals surface area contributed by atoms with Crippen molar-refractivity contribution in [2.75, 3.05) is 18.4 Å². The maximum Gasteiger partial charge on any atom is 0.248 e. The van der Waals surface area contributed by atoms with E-state index < -0.39 is 15.9 Å². The molecule has 3 heterocycles. The zero-order chi connectivity index (χ0) is 23.4. The molecule has 9 heteroatoms. The molecule has 8 nitrogen and oxygen atoms in total. The van der Waals surface area contributed by atoms with Crippen molar-refractivity contribution in [2.45, 2.75) is 38.0 Å². The van der Waals surface area contributed by atoms with Gasteiger partial charge in [-0.25, -0.2) is 8.42 Å². The summed E-state index contributed by atoms with van der Waals surface area (Å²) in [4.78, 5) is 12.9. The summed E-state index contributed by atoms with van der Waals surface area (Å²) in [7, 11) is -3.90. The van der Waals surface area contributed by atoms with E-state index in [4.69, 9.17) is 8.94 Å². The lowest BCUT2D eigenvalue weighted by Gasteiger charge is -2.31. The van der Waals surface area contributed by atoms with E-state index in [2.05, 4.69) is 17.4 Å².